The normalized spacial score (nSPS) is 25.1. The molecule has 2 aromatic heterocycles. The maximum Gasteiger partial charge on any atom is 0.245 e. The number of aromatic nitrogens is 2. The molecule has 1 aliphatic heterocycles. The Morgan fingerprint density at radius 2 is 2.25 bits per heavy atom. The van der Waals surface area contributed by atoms with Crippen LogP contribution in [0.3, 0.4) is 0 Å². The number of pyridine rings is 1. The van der Waals surface area contributed by atoms with Crippen molar-refractivity contribution in [3.8, 4) is 0 Å². The van der Waals surface area contributed by atoms with Crippen molar-refractivity contribution < 1.29 is 13.2 Å². The maximum atomic E-state index is 12.8. The van der Waals surface area contributed by atoms with Gasteiger partial charge in [-0.2, -0.15) is 4.31 Å². The molecule has 0 aliphatic carbocycles. The molecule has 20 heavy (non-hydrogen) atoms. The minimum absolute atomic E-state index is 0.109. The first-order chi connectivity index (χ1) is 9.51. The molecule has 0 saturated carbocycles. The fourth-order valence-electron chi connectivity index (χ4n) is 2.52. The van der Waals surface area contributed by atoms with Gasteiger partial charge < -0.3 is 9.72 Å². The lowest BCUT2D eigenvalue weighted by atomic mass is 10.2. The number of ether oxygens (including phenoxy) is 1. The van der Waals surface area contributed by atoms with E-state index >= 15 is 0 Å². The third-order valence-electron chi connectivity index (χ3n) is 3.83. The number of hydrogen-bond acceptors (Lipinski definition) is 4. The molecule has 2 atom stereocenters. The van der Waals surface area contributed by atoms with E-state index in [-0.39, 0.29) is 17.0 Å². The fourth-order valence-corrected chi connectivity index (χ4v) is 4.34. The summed E-state index contributed by atoms with van der Waals surface area (Å²) in [4.78, 5) is 7.32. The Balaban J connectivity index is 2.08. The molecule has 1 aliphatic rings. The number of morpholine rings is 1. The van der Waals surface area contributed by atoms with Gasteiger partial charge in [-0.25, -0.2) is 13.4 Å². The van der Waals surface area contributed by atoms with Crippen molar-refractivity contribution in [3.05, 3.63) is 24.5 Å². The summed E-state index contributed by atoms with van der Waals surface area (Å²) in [7, 11) is -3.55. The van der Waals surface area contributed by atoms with Gasteiger partial charge in [0.1, 0.15) is 10.5 Å². The van der Waals surface area contributed by atoms with Crippen LogP contribution < -0.4 is 0 Å². The molecular weight excluding hydrogens is 278 g/mol. The van der Waals surface area contributed by atoms with E-state index in [1.54, 1.807) is 18.3 Å². The largest absolute Gasteiger partial charge is 0.375 e. The second-order valence-corrected chi connectivity index (χ2v) is 6.84. The van der Waals surface area contributed by atoms with Crippen molar-refractivity contribution in [1.29, 1.82) is 0 Å². The van der Waals surface area contributed by atoms with E-state index in [4.69, 9.17) is 4.74 Å². The molecule has 6 nitrogen and oxygen atoms in total. The predicted octanol–water partition coefficient (Wildman–Crippen LogP) is 1.36. The third kappa shape index (κ3) is 2.02. The zero-order valence-corrected chi connectivity index (χ0v) is 12.2. The monoisotopic (exact) mass is 295 g/mol. The topological polar surface area (TPSA) is 75.3 Å². The van der Waals surface area contributed by atoms with Crippen molar-refractivity contribution in [2.45, 2.75) is 30.9 Å². The molecule has 0 spiro atoms. The van der Waals surface area contributed by atoms with E-state index in [1.807, 2.05) is 13.8 Å². The second kappa shape index (κ2) is 4.83. The number of fused-ring (bicyclic) bond motifs is 1. The third-order valence-corrected chi connectivity index (χ3v) is 5.85. The van der Waals surface area contributed by atoms with E-state index in [0.717, 1.165) is 0 Å². The summed E-state index contributed by atoms with van der Waals surface area (Å²) >= 11 is 0. The molecule has 1 N–H and O–H groups in total. The summed E-state index contributed by atoms with van der Waals surface area (Å²) in [5.41, 5.74) is 0.583. The average molecular weight is 295 g/mol. The standard InChI is InChI=1S/C13H17N3O3S/c1-9-10(2)19-7-6-16(9)20(17,18)12-8-15-13-11(12)4-3-5-14-13/h3-5,8-10H,6-7H2,1-2H3,(H,14,15)/t9-,10-/m0/s1. The molecule has 0 aromatic carbocycles. The molecular formula is C13H17N3O3S. The summed E-state index contributed by atoms with van der Waals surface area (Å²) in [5.74, 6) is 0. The number of rotatable bonds is 2. The van der Waals surface area contributed by atoms with Gasteiger partial charge in [0.15, 0.2) is 0 Å². The first-order valence-corrected chi connectivity index (χ1v) is 8.01. The lowest BCUT2D eigenvalue weighted by Gasteiger charge is -2.36. The van der Waals surface area contributed by atoms with Crippen molar-refractivity contribution in [1.82, 2.24) is 14.3 Å². The van der Waals surface area contributed by atoms with Crippen LogP contribution in [0, 0.1) is 0 Å². The molecule has 1 fully saturated rings. The van der Waals surface area contributed by atoms with Crippen LogP contribution in [0.2, 0.25) is 0 Å². The van der Waals surface area contributed by atoms with Crippen LogP contribution in [0.15, 0.2) is 29.4 Å². The van der Waals surface area contributed by atoms with Gasteiger partial charge in [0.25, 0.3) is 0 Å². The van der Waals surface area contributed by atoms with E-state index in [1.165, 1.54) is 10.5 Å². The summed E-state index contributed by atoms with van der Waals surface area (Å²) in [6.07, 6.45) is 3.04. The predicted molar refractivity (Wildman–Crippen MR) is 74.9 cm³/mol. The van der Waals surface area contributed by atoms with Crippen molar-refractivity contribution in [2.24, 2.45) is 0 Å². The van der Waals surface area contributed by atoms with Crippen LogP contribution in [-0.2, 0) is 14.8 Å². The smallest absolute Gasteiger partial charge is 0.245 e. The molecule has 2 aromatic rings. The number of nitrogens with zero attached hydrogens (tertiary/aromatic N) is 2. The van der Waals surface area contributed by atoms with E-state index in [2.05, 4.69) is 9.97 Å². The zero-order chi connectivity index (χ0) is 14.3. The molecule has 3 rings (SSSR count). The minimum atomic E-state index is -3.55. The quantitative estimate of drug-likeness (QED) is 0.907. The highest BCUT2D eigenvalue weighted by Crippen LogP contribution is 2.28. The highest BCUT2D eigenvalue weighted by atomic mass is 32.2. The number of H-pyrrole nitrogens is 1. The molecule has 7 heteroatoms. The van der Waals surface area contributed by atoms with Gasteiger partial charge in [0.05, 0.1) is 12.7 Å². The van der Waals surface area contributed by atoms with Gasteiger partial charge in [-0.1, -0.05) is 0 Å². The fraction of sp³-hybridized carbons (Fsp3) is 0.462. The van der Waals surface area contributed by atoms with Crippen molar-refractivity contribution >= 4 is 21.1 Å². The van der Waals surface area contributed by atoms with Crippen LogP contribution in [0.5, 0.6) is 0 Å². The SMILES string of the molecule is C[C@@H]1OCCN(S(=O)(=O)c2c[nH]c3ncccc23)[C@H]1C. The molecule has 108 valence electrons. The molecule has 0 bridgehead atoms. The Labute approximate surface area is 117 Å². The van der Waals surface area contributed by atoms with Crippen molar-refractivity contribution in [2.75, 3.05) is 13.2 Å². The molecule has 0 amide bonds. The molecule has 1 saturated heterocycles. The highest BCUT2D eigenvalue weighted by Gasteiger charge is 2.36. The zero-order valence-electron chi connectivity index (χ0n) is 11.4. The van der Waals surface area contributed by atoms with Crippen LogP contribution in [0.4, 0.5) is 0 Å². The maximum absolute atomic E-state index is 12.8. The van der Waals surface area contributed by atoms with Gasteiger partial charge in [-0.3, -0.25) is 0 Å². The Hall–Kier alpha value is -1.44. The van der Waals surface area contributed by atoms with Crippen molar-refractivity contribution in [3.63, 3.8) is 0 Å². The number of nitrogens with one attached hydrogen (secondary N) is 1. The van der Waals surface area contributed by atoms with Gasteiger partial charge in [0, 0.05) is 30.4 Å². The molecule has 0 unspecified atom stereocenters. The summed E-state index contributed by atoms with van der Waals surface area (Å²) in [6.45, 7) is 4.56. The summed E-state index contributed by atoms with van der Waals surface area (Å²) in [5, 5.41) is 0.624. The van der Waals surface area contributed by atoms with Gasteiger partial charge in [-0.05, 0) is 26.0 Å². The first kappa shape index (κ1) is 13.5. The Morgan fingerprint density at radius 3 is 3.05 bits per heavy atom. The van der Waals surface area contributed by atoms with Crippen LogP contribution in [0.25, 0.3) is 11.0 Å². The number of sulfonamides is 1. The minimum Gasteiger partial charge on any atom is -0.375 e. The average Bonchev–Trinajstić information content (AvgIpc) is 2.86. The van der Waals surface area contributed by atoms with Crippen LogP contribution >= 0.6 is 0 Å². The summed E-state index contributed by atoms with van der Waals surface area (Å²) in [6, 6.07) is 3.32. The van der Waals surface area contributed by atoms with E-state index in [9.17, 15) is 8.42 Å². The second-order valence-electron chi connectivity index (χ2n) is 4.98. The number of hydrogen-bond donors (Lipinski definition) is 1. The Kier molecular flexibility index (Phi) is 3.27. The van der Waals surface area contributed by atoms with E-state index in [0.29, 0.717) is 24.2 Å². The van der Waals surface area contributed by atoms with E-state index < -0.39 is 10.0 Å². The van der Waals surface area contributed by atoms with Crippen LogP contribution in [0.1, 0.15) is 13.8 Å². The van der Waals surface area contributed by atoms with Crippen LogP contribution in [-0.4, -0.2) is 48.0 Å². The molecule has 3 heterocycles. The van der Waals surface area contributed by atoms with Gasteiger partial charge in [0.2, 0.25) is 10.0 Å². The lowest BCUT2D eigenvalue weighted by Crippen LogP contribution is -2.50. The molecule has 0 radical (unpaired) electrons. The summed E-state index contributed by atoms with van der Waals surface area (Å²) < 4.78 is 32.7. The Bertz CT molecular complexity index is 725. The first-order valence-electron chi connectivity index (χ1n) is 6.57. The van der Waals surface area contributed by atoms with Gasteiger partial charge in [-0.15, -0.1) is 0 Å². The lowest BCUT2D eigenvalue weighted by molar-refractivity contribution is -0.0231. The van der Waals surface area contributed by atoms with Gasteiger partial charge >= 0.3 is 0 Å². The Morgan fingerprint density at radius 1 is 1.45 bits per heavy atom. The highest BCUT2D eigenvalue weighted by molar-refractivity contribution is 7.89. The number of aromatic amines is 1.